The average molecular weight is 576 g/mol. The van der Waals surface area contributed by atoms with Gasteiger partial charge in [0, 0.05) is 21.8 Å². The molecule has 0 amide bonds. The summed E-state index contributed by atoms with van der Waals surface area (Å²) >= 11 is 12.4. The second-order valence-electron chi connectivity index (χ2n) is 12.4. The van der Waals surface area contributed by atoms with E-state index in [-0.39, 0.29) is 41.3 Å². The molecule has 1 aromatic rings. The van der Waals surface area contributed by atoms with Crippen molar-refractivity contribution in [1.82, 2.24) is 0 Å². The molecule has 1 heterocycles. The number of carbonyl (C=O) groups excluding carboxylic acids is 2. The fourth-order valence-corrected chi connectivity index (χ4v) is 9.31. The van der Waals surface area contributed by atoms with Gasteiger partial charge in [0.05, 0.1) is 17.2 Å². The maximum Gasteiger partial charge on any atom is 0.205 e. The van der Waals surface area contributed by atoms with Gasteiger partial charge >= 0.3 is 0 Å². The van der Waals surface area contributed by atoms with Crippen molar-refractivity contribution in [2.75, 3.05) is 6.61 Å². The van der Waals surface area contributed by atoms with Crippen molar-refractivity contribution in [3.8, 4) is 5.75 Å². The van der Waals surface area contributed by atoms with Crippen LogP contribution >= 0.6 is 23.2 Å². The Morgan fingerprint density at radius 1 is 1.26 bits per heavy atom. The molecule has 1 saturated heterocycles. The number of fused-ring (bicyclic) bond motifs is 7. The molecule has 6 unspecified atom stereocenters. The molecule has 1 aliphatic heterocycles. The number of ether oxygens (including phenoxy) is 3. The molecule has 4 aliphatic carbocycles. The first-order valence-corrected chi connectivity index (χ1v) is 14.9. The van der Waals surface area contributed by atoms with Gasteiger partial charge in [-0.1, -0.05) is 62.0 Å². The fraction of sp³-hybridized carbons (Fsp3) is 0.613. The van der Waals surface area contributed by atoms with E-state index in [0.29, 0.717) is 35.1 Å². The molecule has 39 heavy (non-hydrogen) atoms. The zero-order chi connectivity index (χ0) is 27.7. The van der Waals surface area contributed by atoms with E-state index in [1.807, 2.05) is 6.08 Å². The molecule has 0 spiro atoms. The van der Waals surface area contributed by atoms with Crippen molar-refractivity contribution >= 4 is 34.8 Å². The van der Waals surface area contributed by atoms with Crippen LogP contribution in [0.25, 0.3) is 0 Å². The van der Waals surface area contributed by atoms with Crippen LogP contribution in [0.4, 0.5) is 0 Å². The van der Waals surface area contributed by atoms with E-state index in [1.165, 1.54) is 0 Å². The van der Waals surface area contributed by atoms with Gasteiger partial charge in [-0.3, -0.25) is 9.59 Å². The van der Waals surface area contributed by atoms with Crippen LogP contribution in [0.2, 0.25) is 10.0 Å². The molecule has 8 heteroatoms. The van der Waals surface area contributed by atoms with E-state index >= 15 is 0 Å². The minimum Gasteiger partial charge on any atom is -0.484 e. The van der Waals surface area contributed by atoms with E-state index in [9.17, 15) is 14.7 Å². The minimum absolute atomic E-state index is 0.0144. The topological polar surface area (TPSA) is 82.1 Å². The molecular weight excluding hydrogens is 539 g/mol. The Labute approximate surface area is 239 Å². The predicted octanol–water partition coefficient (Wildman–Crippen LogP) is 6.11. The monoisotopic (exact) mass is 574 g/mol. The highest BCUT2D eigenvalue weighted by Crippen LogP contribution is 2.69. The summed E-state index contributed by atoms with van der Waals surface area (Å²) in [6, 6.07) is 4.91. The van der Waals surface area contributed by atoms with Gasteiger partial charge in [0.1, 0.15) is 12.4 Å². The summed E-state index contributed by atoms with van der Waals surface area (Å²) in [7, 11) is 0. The van der Waals surface area contributed by atoms with Crippen molar-refractivity contribution in [1.29, 1.82) is 0 Å². The third kappa shape index (κ3) is 4.00. The number of aliphatic hydroxyl groups is 1. The Hall–Kier alpha value is -1.70. The van der Waals surface area contributed by atoms with Crippen LogP contribution in [0.5, 0.6) is 5.75 Å². The zero-order valence-electron chi connectivity index (χ0n) is 22.6. The summed E-state index contributed by atoms with van der Waals surface area (Å²) < 4.78 is 19.1. The van der Waals surface area contributed by atoms with Gasteiger partial charge in [-0.25, -0.2) is 0 Å². The minimum atomic E-state index is -1.22. The van der Waals surface area contributed by atoms with E-state index < -0.39 is 29.5 Å². The number of aliphatic hydroxyl groups excluding tert-OH is 1. The molecular formula is C31H36Cl2O6. The van der Waals surface area contributed by atoms with E-state index in [0.717, 1.165) is 24.8 Å². The number of hydrogen-bond acceptors (Lipinski definition) is 6. The molecule has 6 rings (SSSR count). The molecule has 5 aliphatic rings. The van der Waals surface area contributed by atoms with Crippen molar-refractivity contribution in [2.45, 2.75) is 83.4 Å². The lowest BCUT2D eigenvalue weighted by Crippen LogP contribution is -2.63. The summed E-state index contributed by atoms with van der Waals surface area (Å²) in [6.07, 6.45) is 8.17. The lowest BCUT2D eigenvalue weighted by atomic mass is 9.46. The molecule has 0 bridgehead atoms. The molecule has 3 saturated carbocycles. The number of ketones is 2. The van der Waals surface area contributed by atoms with Crippen LogP contribution in [-0.2, 0) is 19.1 Å². The number of allylic oxidation sites excluding steroid dienone is 4. The van der Waals surface area contributed by atoms with E-state index in [2.05, 4.69) is 20.8 Å². The summed E-state index contributed by atoms with van der Waals surface area (Å²) in [5, 5.41) is 12.6. The molecule has 1 aromatic carbocycles. The van der Waals surface area contributed by atoms with Gasteiger partial charge in [0.25, 0.3) is 0 Å². The lowest BCUT2D eigenvalue weighted by Gasteiger charge is -2.59. The molecule has 210 valence electrons. The first kappa shape index (κ1) is 27.5. The van der Waals surface area contributed by atoms with Crippen LogP contribution in [0.3, 0.4) is 0 Å². The third-order valence-electron chi connectivity index (χ3n) is 10.5. The second-order valence-corrected chi connectivity index (χ2v) is 13.3. The van der Waals surface area contributed by atoms with E-state index in [1.54, 1.807) is 30.4 Å². The largest absolute Gasteiger partial charge is 0.484 e. The second kappa shape index (κ2) is 9.70. The maximum atomic E-state index is 14.3. The molecule has 6 nitrogen and oxygen atoms in total. The van der Waals surface area contributed by atoms with Crippen LogP contribution in [0.1, 0.15) is 59.3 Å². The Balaban J connectivity index is 1.34. The van der Waals surface area contributed by atoms with Gasteiger partial charge in [0.2, 0.25) is 5.78 Å². The highest BCUT2D eigenvalue weighted by molar-refractivity contribution is 6.35. The number of rotatable bonds is 6. The molecule has 4 fully saturated rings. The van der Waals surface area contributed by atoms with Gasteiger partial charge in [-0.2, -0.15) is 0 Å². The number of carbonyl (C=O) groups is 2. The average Bonchev–Trinajstić information content (AvgIpc) is 3.36. The highest BCUT2D eigenvalue weighted by Gasteiger charge is 2.75. The van der Waals surface area contributed by atoms with Crippen LogP contribution < -0.4 is 4.74 Å². The smallest absolute Gasteiger partial charge is 0.205 e. The molecule has 0 aromatic heterocycles. The number of benzene rings is 1. The van der Waals surface area contributed by atoms with Crippen molar-refractivity contribution in [3.05, 3.63) is 52.0 Å². The quantitative estimate of drug-likeness (QED) is 0.441. The van der Waals surface area contributed by atoms with Gasteiger partial charge < -0.3 is 19.3 Å². The van der Waals surface area contributed by atoms with Gasteiger partial charge in [-0.15, -0.1) is 0 Å². The lowest BCUT2D eigenvalue weighted by molar-refractivity contribution is -0.200. The Morgan fingerprint density at radius 2 is 2.05 bits per heavy atom. The standard InChI is InChI=1S/C31H36Cl2O6/c1-4-5-27-38-26-14-21-20-8-6-17-12-19(34)10-11-29(17,2)28(20)23(35)15-30(21,3)31(26,39-27)25(36)16-37-24-9-7-18(32)13-22(24)33/h7,9-13,20-21,23,26-28,35H,4-6,8,14-16H2,1-3H3/t20?,21?,23-,26+,27?,28?,29?,30?,31+/m0/s1. The van der Waals surface area contributed by atoms with Crippen LogP contribution in [0, 0.1) is 28.6 Å². The summed E-state index contributed by atoms with van der Waals surface area (Å²) in [5.41, 5.74) is -1.14. The van der Waals surface area contributed by atoms with Gasteiger partial charge in [0.15, 0.2) is 17.7 Å². The summed E-state index contributed by atoms with van der Waals surface area (Å²) in [5.74, 6) is 0.456. The zero-order valence-corrected chi connectivity index (χ0v) is 24.1. The first-order valence-electron chi connectivity index (χ1n) is 14.1. The Morgan fingerprint density at radius 3 is 2.79 bits per heavy atom. The molecule has 9 atom stereocenters. The first-order chi connectivity index (χ1) is 18.5. The normalized spacial score (nSPS) is 42.3. The highest BCUT2D eigenvalue weighted by atomic mass is 35.5. The third-order valence-corrected chi connectivity index (χ3v) is 11.0. The van der Waals surface area contributed by atoms with Crippen LogP contribution in [-0.4, -0.2) is 47.4 Å². The SMILES string of the molecule is CCCC1O[C@@H]2CC3C4CCC5=CC(=O)C=CC5(C)C4[C@@H](O)CC3(C)[C@]2(C(=O)COc2ccc(Cl)cc2Cl)O1. The summed E-state index contributed by atoms with van der Waals surface area (Å²) in [4.78, 5) is 26.4. The van der Waals surface area contributed by atoms with Crippen molar-refractivity contribution in [3.63, 3.8) is 0 Å². The van der Waals surface area contributed by atoms with Gasteiger partial charge in [-0.05, 0) is 74.3 Å². The Bertz CT molecular complexity index is 1260. The molecule has 1 N–H and O–H groups in total. The predicted molar refractivity (Wildman–Crippen MR) is 148 cm³/mol. The Kier molecular flexibility index (Phi) is 6.83. The number of halogens is 2. The van der Waals surface area contributed by atoms with Crippen molar-refractivity contribution < 1.29 is 28.9 Å². The van der Waals surface area contributed by atoms with Crippen LogP contribution in [0.15, 0.2) is 42.0 Å². The molecule has 0 radical (unpaired) electrons. The van der Waals surface area contributed by atoms with E-state index in [4.69, 9.17) is 37.4 Å². The number of hydrogen-bond donors (Lipinski definition) is 1. The number of Topliss-reactive ketones (excluding diaryl/α,β-unsaturated/α-hetero) is 1. The summed E-state index contributed by atoms with van der Waals surface area (Å²) in [6.45, 7) is 6.10. The van der Waals surface area contributed by atoms with Crippen molar-refractivity contribution in [2.24, 2.45) is 28.6 Å². The maximum absolute atomic E-state index is 14.3. The fourth-order valence-electron chi connectivity index (χ4n) is 8.85.